The maximum absolute atomic E-state index is 9.00. The molecule has 0 radical (unpaired) electrons. The average Bonchev–Trinajstić information content (AvgIpc) is 2.53. The van der Waals surface area contributed by atoms with Gasteiger partial charge in [0.15, 0.2) is 0 Å². The Hall–Kier alpha value is -0.120. The number of nitrogens with zero attached hydrogens (tertiary/aromatic N) is 1. The van der Waals surface area contributed by atoms with E-state index in [1.54, 1.807) is 0 Å². The number of hydrogen-bond acceptors (Lipinski definition) is 3. The fourth-order valence-electron chi connectivity index (χ4n) is 1.77. The lowest BCUT2D eigenvalue weighted by molar-refractivity contribution is 0.215. The van der Waals surface area contributed by atoms with E-state index in [0.717, 1.165) is 19.5 Å². The van der Waals surface area contributed by atoms with Crippen LogP contribution in [0.5, 0.6) is 0 Å². The standard InChI is InChI=1S/C10H22N2O/c1-3-9(8-13)6-11-10-4-5-12(2)7-10/h9-11,13H,3-8H2,1-2H3. The minimum Gasteiger partial charge on any atom is -0.396 e. The van der Waals surface area contributed by atoms with E-state index in [4.69, 9.17) is 5.11 Å². The van der Waals surface area contributed by atoms with Gasteiger partial charge in [-0.05, 0) is 32.4 Å². The first-order chi connectivity index (χ1) is 6.26. The molecule has 1 heterocycles. The second-order valence-electron chi connectivity index (χ2n) is 4.11. The van der Waals surface area contributed by atoms with Gasteiger partial charge in [-0.25, -0.2) is 0 Å². The van der Waals surface area contributed by atoms with Crippen molar-refractivity contribution in [2.24, 2.45) is 5.92 Å². The number of aliphatic hydroxyl groups excluding tert-OH is 1. The number of aliphatic hydroxyl groups is 1. The summed E-state index contributed by atoms with van der Waals surface area (Å²) in [5.41, 5.74) is 0. The summed E-state index contributed by atoms with van der Waals surface area (Å²) >= 11 is 0. The largest absolute Gasteiger partial charge is 0.396 e. The second kappa shape index (κ2) is 5.58. The SMILES string of the molecule is CCC(CO)CNC1CCN(C)C1. The van der Waals surface area contributed by atoms with E-state index < -0.39 is 0 Å². The molecule has 0 aromatic heterocycles. The lowest BCUT2D eigenvalue weighted by atomic mass is 10.1. The number of likely N-dealkylation sites (tertiary alicyclic amines) is 1. The monoisotopic (exact) mass is 186 g/mol. The molecule has 1 rings (SSSR count). The van der Waals surface area contributed by atoms with E-state index in [2.05, 4.69) is 24.2 Å². The van der Waals surface area contributed by atoms with Crippen LogP contribution in [0.4, 0.5) is 0 Å². The highest BCUT2D eigenvalue weighted by molar-refractivity contribution is 4.79. The van der Waals surface area contributed by atoms with E-state index in [-0.39, 0.29) is 0 Å². The molecule has 1 aliphatic rings. The van der Waals surface area contributed by atoms with Crippen molar-refractivity contribution in [3.05, 3.63) is 0 Å². The molecule has 0 saturated carbocycles. The van der Waals surface area contributed by atoms with Crippen molar-refractivity contribution in [3.63, 3.8) is 0 Å². The fourth-order valence-corrected chi connectivity index (χ4v) is 1.77. The van der Waals surface area contributed by atoms with Crippen LogP contribution >= 0.6 is 0 Å². The Morgan fingerprint density at radius 3 is 2.85 bits per heavy atom. The Balaban J connectivity index is 2.11. The van der Waals surface area contributed by atoms with Gasteiger partial charge in [0.1, 0.15) is 0 Å². The summed E-state index contributed by atoms with van der Waals surface area (Å²) < 4.78 is 0. The zero-order valence-corrected chi connectivity index (χ0v) is 8.79. The molecule has 3 nitrogen and oxygen atoms in total. The zero-order chi connectivity index (χ0) is 9.68. The van der Waals surface area contributed by atoms with Crippen LogP contribution in [0.3, 0.4) is 0 Å². The van der Waals surface area contributed by atoms with E-state index in [1.807, 2.05) is 0 Å². The lowest BCUT2D eigenvalue weighted by Crippen LogP contribution is -2.35. The van der Waals surface area contributed by atoms with E-state index >= 15 is 0 Å². The predicted octanol–water partition coefficient (Wildman–Crippen LogP) is 0.299. The minimum absolute atomic E-state index is 0.312. The molecule has 2 atom stereocenters. The minimum atomic E-state index is 0.312. The van der Waals surface area contributed by atoms with Crippen LogP contribution in [0.25, 0.3) is 0 Å². The first-order valence-corrected chi connectivity index (χ1v) is 5.29. The quantitative estimate of drug-likeness (QED) is 0.648. The topological polar surface area (TPSA) is 35.5 Å². The summed E-state index contributed by atoms with van der Waals surface area (Å²) in [6.07, 6.45) is 2.31. The second-order valence-corrected chi connectivity index (χ2v) is 4.11. The predicted molar refractivity (Wildman–Crippen MR) is 54.8 cm³/mol. The molecule has 0 aliphatic carbocycles. The molecule has 0 aromatic rings. The molecule has 0 spiro atoms. The van der Waals surface area contributed by atoms with E-state index in [0.29, 0.717) is 18.6 Å². The Kier molecular flexibility index (Phi) is 4.70. The Labute approximate surface area is 81.1 Å². The summed E-state index contributed by atoms with van der Waals surface area (Å²) in [4.78, 5) is 2.34. The van der Waals surface area contributed by atoms with Crippen molar-refractivity contribution < 1.29 is 5.11 Å². The van der Waals surface area contributed by atoms with Gasteiger partial charge in [-0.15, -0.1) is 0 Å². The van der Waals surface area contributed by atoms with Gasteiger partial charge < -0.3 is 15.3 Å². The molecular formula is C10H22N2O. The highest BCUT2D eigenvalue weighted by Crippen LogP contribution is 2.07. The van der Waals surface area contributed by atoms with Gasteiger partial charge in [0.25, 0.3) is 0 Å². The van der Waals surface area contributed by atoms with Crippen LogP contribution in [-0.4, -0.2) is 49.3 Å². The molecule has 78 valence electrons. The van der Waals surface area contributed by atoms with Crippen LogP contribution in [0.15, 0.2) is 0 Å². The van der Waals surface area contributed by atoms with Gasteiger partial charge in [0.05, 0.1) is 0 Å². The molecule has 2 N–H and O–H groups in total. The molecule has 0 aromatic carbocycles. The first kappa shape index (κ1) is 11.0. The third-order valence-electron chi connectivity index (χ3n) is 2.92. The van der Waals surface area contributed by atoms with Crippen molar-refractivity contribution in [1.29, 1.82) is 0 Å². The molecule has 13 heavy (non-hydrogen) atoms. The first-order valence-electron chi connectivity index (χ1n) is 5.29. The molecule has 1 fully saturated rings. The van der Waals surface area contributed by atoms with Gasteiger partial charge in [0.2, 0.25) is 0 Å². The Morgan fingerprint density at radius 2 is 2.38 bits per heavy atom. The highest BCUT2D eigenvalue weighted by Gasteiger charge is 2.19. The van der Waals surface area contributed by atoms with Gasteiger partial charge in [-0.3, -0.25) is 0 Å². The van der Waals surface area contributed by atoms with Crippen LogP contribution in [-0.2, 0) is 0 Å². The van der Waals surface area contributed by atoms with Gasteiger partial charge >= 0.3 is 0 Å². The fraction of sp³-hybridized carbons (Fsp3) is 1.00. The van der Waals surface area contributed by atoms with Crippen LogP contribution in [0, 0.1) is 5.92 Å². The van der Waals surface area contributed by atoms with Crippen LogP contribution < -0.4 is 5.32 Å². The van der Waals surface area contributed by atoms with Crippen molar-refractivity contribution in [2.45, 2.75) is 25.8 Å². The molecule has 1 saturated heterocycles. The zero-order valence-electron chi connectivity index (χ0n) is 8.79. The Morgan fingerprint density at radius 1 is 1.62 bits per heavy atom. The summed E-state index contributed by atoms with van der Waals surface area (Å²) in [6.45, 7) is 5.76. The summed E-state index contributed by atoms with van der Waals surface area (Å²) in [6, 6.07) is 0.644. The van der Waals surface area contributed by atoms with Gasteiger partial charge in [-0.2, -0.15) is 0 Å². The smallest absolute Gasteiger partial charge is 0.0471 e. The van der Waals surface area contributed by atoms with E-state index in [1.165, 1.54) is 13.0 Å². The van der Waals surface area contributed by atoms with E-state index in [9.17, 15) is 0 Å². The van der Waals surface area contributed by atoms with Gasteiger partial charge in [0, 0.05) is 25.7 Å². The number of likely N-dealkylation sites (N-methyl/N-ethyl adjacent to an activating group) is 1. The molecule has 1 aliphatic heterocycles. The van der Waals surface area contributed by atoms with Crippen molar-refractivity contribution in [2.75, 3.05) is 33.3 Å². The Bertz CT molecular complexity index is 137. The number of hydrogen-bond donors (Lipinski definition) is 2. The normalized spacial score (nSPS) is 26.5. The number of nitrogens with one attached hydrogen (secondary N) is 1. The molecule has 3 heteroatoms. The number of rotatable bonds is 5. The molecular weight excluding hydrogens is 164 g/mol. The molecule has 0 amide bonds. The van der Waals surface area contributed by atoms with Crippen molar-refractivity contribution in [3.8, 4) is 0 Å². The molecule has 0 bridgehead atoms. The van der Waals surface area contributed by atoms with Crippen molar-refractivity contribution in [1.82, 2.24) is 10.2 Å². The van der Waals surface area contributed by atoms with Crippen molar-refractivity contribution >= 4 is 0 Å². The third-order valence-corrected chi connectivity index (χ3v) is 2.92. The third kappa shape index (κ3) is 3.63. The van der Waals surface area contributed by atoms with Crippen LogP contribution in [0.1, 0.15) is 19.8 Å². The highest BCUT2D eigenvalue weighted by atomic mass is 16.3. The maximum Gasteiger partial charge on any atom is 0.0471 e. The molecule has 2 unspecified atom stereocenters. The van der Waals surface area contributed by atoms with Gasteiger partial charge in [-0.1, -0.05) is 6.92 Å². The summed E-state index contributed by atoms with van der Waals surface area (Å²) in [5.74, 6) is 0.436. The maximum atomic E-state index is 9.00. The lowest BCUT2D eigenvalue weighted by Gasteiger charge is -2.17. The summed E-state index contributed by atoms with van der Waals surface area (Å²) in [5, 5.41) is 12.5. The van der Waals surface area contributed by atoms with Crippen LogP contribution in [0.2, 0.25) is 0 Å². The summed E-state index contributed by atoms with van der Waals surface area (Å²) in [7, 11) is 2.16. The average molecular weight is 186 g/mol.